The van der Waals surface area contributed by atoms with Gasteiger partial charge < -0.3 is 5.32 Å². The zero-order valence-corrected chi connectivity index (χ0v) is 11.8. The topological polar surface area (TPSA) is 35.8 Å². The largest absolute Gasteiger partial charge is 0.308 e. The fraction of sp³-hybridized carbons (Fsp3) is 0.545. The van der Waals surface area contributed by atoms with Crippen LogP contribution in [0.1, 0.15) is 24.1 Å². The van der Waals surface area contributed by atoms with Crippen molar-refractivity contribution in [2.24, 2.45) is 5.92 Å². The molecule has 1 fully saturated rings. The molecule has 2 atom stereocenters. The lowest BCUT2D eigenvalue weighted by molar-refractivity contribution is 0.466. The van der Waals surface area contributed by atoms with E-state index in [9.17, 15) is 0 Å². The predicted octanol–water partition coefficient (Wildman–Crippen LogP) is 3.95. The highest BCUT2D eigenvalue weighted by Crippen LogP contribution is 2.32. The molecule has 1 aliphatic carbocycles. The van der Waals surface area contributed by atoms with Crippen LogP contribution in [0.2, 0.25) is 4.34 Å². The fourth-order valence-corrected chi connectivity index (χ4v) is 3.81. The second-order valence-corrected chi connectivity index (χ2v) is 6.58. The first kappa shape index (κ1) is 12.4. The lowest BCUT2D eigenvalue weighted by Crippen LogP contribution is -2.30. The molecule has 0 spiro atoms. The zero-order valence-electron chi connectivity index (χ0n) is 8.67. The maximum Gasteiger partial charge on any atom is 0.107 e. The van der Waals surface area contributed by atoms with Crippen molar-refractivity contribution in [2.75, 3.05) is 0 Å². The van der Waals surface area contributed by atoms with Crippen molar-refractivity contribution in [1.82, 2.24) is 5.32 Å². The first-order chi connectivity index (χ1) is 7.70. The number of hydrogen-bond donors (Lipinski definition) is 1. The van der Waals surface area contributed by atoms with E-state index in [1.54, 1.807) is 11.3 Å². The Labute approximate surface area is 113 Å². The van der Waals surface area contributed by atoms with Crippen molar-refractivity contribution >= 4 is 38.9 Å². The molecule has 1 heterocycles. The predicted molar refractivity (Wildman–Crippen MR) is 70.6 cm³/mol. The van der Waals surface area contributed by atoms with E-state index >= 15 is 0 Å². The molecule has 0 aromatic carbocycles. The third-order valence-corrected chi connectivity index (χ3v) is 5.39. The Hall–Kier alpha value is -0.0800. The van der Waals surface area contributed by atoms with Crippen LogP contribution < -0.4 is 5.32 Å². The number of halogens is 2. The Balaban J connectivity index is 1.90. The highest BCUT2D eigenvalue weighted by atomic mass is 79.9. The molecule has 0 aliphatic heterocycles. The SMILES string of the molecule is N#CC1CCCC1NCc1cc(Br)c(Cl)s1. The van der Waals surface area contributed by atoms with Crippen molar-refractivity contribution < 1.29 is 0 Å². The maximum absolute atomic E-state index is 8.97. The first-order valence-corrected chi connectivity index (χ1v) is 7.26. The molecule has 1 saturated carbocycles. The number of nitriles is 1. The highest BCUT2D eigenvalue weighted by Gasteiger charge is 2.26. The zero-order chi connectivity index (χ0) is 11.5. The molecule has 0 amide bonds. The second-order valence-electron chi connectivity index (χ2n) is 3.99. The molecule has 1 aromatic rings. The first-order valence-electron chi connectivity index (χ1n) is 5.27. The summed E-state index contributed by atoms with van der Waals surface area (Å²) in [6.07, 6.45) is 3.30. The van der Waals surface area contributed by atoms with Gasteiger partial charge in [0.25, 0.3) is 0 Å². The van der Waals surface area contributed by atoms with Crippen LogP contribution in [-0.2, 0) is 6.54 Å². The third-order valence-electron chi connectivity index (χ3n) is 2.92. The van der Waals surface area contributed by atoms with Crippen LogP contribution in [0.15, 0.2) is 10.5 Å². The second kappa shape index (κ2) is 5.50. The minimum atomic E-state index is 0.180. The number of hydrogen-bond acceptors (Lipinski definition) is 3. The average Bonchev–Trinajstić information content (AvgIpc) is 2.83. The number of rotatable bonds is 3. The van der Waals surface area contributed by atoms with Gasteiger partial charge in [-0.25, -0.2) is 0 Å². The lowest BCUT2D eigenvalue weighted by atomic mass is 10.1. The molecular formula is C11H12BrClN2S. The van der Waals surface area contributed by atoms with E-state index in [0.717, 1.165) is 34.6 Å². The molecule has 16 heavy (non-hydrogen) atoms. The minimum absolute atomic E-state index is 0.180. The van der Waals surface area contributed by atoms with Gasteiger partial charge in [0.1, 0.15) is 4.34 Å². The van der Waals surface area contributed by atoms with Gasteiger partial charge in [-0.1, -0.05) is 18.0 Å². The summed E-state index contributed by atoms with van der Waals surface area (Å²) in [6, 6.07) is 4.76. The van der Waals surface area contributed by atoms with Crippen molar-refractivity contribution in [2.45, 2.75) is 31.8 Å². The molecule has 1 N–H and O–H groups in total. The number of nitrogens with zero attached hydrogens (tertiary/aromatic N) is 1. The Morgan fingerprint density at radius 3 is 3.06 bits per heavy atom. The van der Waals surface area contributed by atoms with E-state index < -0.39 is 0 Å². The Kier molecular flexibility index (Phi) is 4.26. The number of thiophene rings is 1. The van der Waals surface area contributed by atoms with Crippen molar-refractivity contribution in [3.8, 4) is 6.07 Å². The van der Waals surface area contributed by atoms with Gasteiger partial charge in [0.2, 0.25) is 0 Å². The summed E-state index contributed by atoms with van der Waals surface area (Å²) in [6.45, 7) is 0.804. The molecule has 5 heteroatoms. The summed E-state index contributed by atoms with van der Waals surface area (Å²) < 4.78 is 1.75. The highest BCUT2D eigenvalue weighted by molar-refractivity contribution is 9.10. The Morgan fingerprint density at radius 1 is 1.62 bits per heavy atom. The molecule has 2 rings (SSSR count). The van der Waals surface area contributed by atoms with Gasteiger partial charge in [0.05, 0.1) is 12.0 Å². The number of nitrogens with one attached hydrogen (secondary N) is 1. The summed E-state index contributed by atoms with van der Waals surface area (Å²) in [4.78, 5) is 1.21. The molecule has 1 aromatic heterocycles. The summed E-state index contributed by atoms with van der Waals surface area (Å²) in [5, 5.41) is 12.4. The molecule has 0 bridgehead atoms. The molecule has 86 valence electrons. The third kappa shape index (κ3) is 2.78. The van der Waals surface area contributed by atoms with Crippen LogP contribution in [0.5, 0.6) is 0 Å². The van der Waals surface area contributed by atoms with E-state index in [4.69, 9.17) is 16.9 Å². The Morgan fingerprint density at radius 2 is 2.44 bits per heavy atom. The maximum atomic E-state index is 8.97. The molecule has 2 nitrogen and oxygen atoms in total. The van der Waals surface area contributed by atoms with Crippen molar-refractivity contribution in [1.29, 1.82) is 5.26 Å². The fourth-order valence-electron chi connectivity index (χ4n) is 2.07. The van der Waals surface area contributed by atoms with E-state index in [1.165, 1.54) is 4.88 Å². The molecule has 1 aliphatic rings. The summed E-state index contributed by atoms with van der Waals surface area (Å²) in [7, 11) is 0. The Bertz CT molecular complexity index is 393. The van der Waals surface area contributed by atoms with Gasteiger partial charge in [0, 0.05) is 21.9 Å². The molecule has 2 unspecified atom stereocenters. The van der Waals surface area contributed by atoms with E-state index in [2.05, 4.69) is 27.3 Å². The smallest absolute Gasteiger partial charge is 0.107 e. The monoisotopic (exact) mass is 318 g/mol. The van der Waals surface area contributed by atoms with Gasteiger partial charge in [-0.2, -0.15) is 5.26 Å². The van der Waals surface area contributed by atoms with Gasteiger partial charge in [0.15, 0.2) is 0 Å². The van der Waals surface area contributed by atoms with Crippen LogP contribution in [0.4, 0.5) is 0 Å². The average molecular weight is 320 g/mol. The van der Waals surface area contributed by atoms with Crippen LogP contribution in [0, 0.1) is 17.2 Å². The normalized spacial score (nSPS) is 24.6. The summed E-state index contributed by atoms with van der Waals surface area (Å²) in [5.41, 5.74) is 0. The summed E-state index contributed by atoms with van der Waals surface area (Å²) >= 11 is 10.9. The van der Waals surface area contributed by atoms with E-state index in [0.29, 0.717) is 6.04 Å². The van der Waals surface area contributed by atoms with Gasteiger partial charge in [-0.05, 0) is 34.8 Å². The van der Waals surface area contributed by atoms with Gasteiger partial charge in [-0.3, -0.25) is 0 Å². The lowest BCUT2D eigenvalue weighted by Gasteiger charge is -2.14. The van der Waals surface area contributed by atoms with Crippen LogP contribution in [-0.4, -0.2) is 6.04 Å². The minimum Gasteiger partial charge on any atom is -0.308 e. The van der Waals surface area contributed by atoms with Crippen LogP contribution in [0.25, 0.3) is 0 Å². The van der Waals surface area contributed by atoms with Crippen LogP contribution >= 0.6 is 38.9 Å². The molecular weight excluding hydrogens is 308 g/mol. The molecule has 0 radical (unpaired) electrons. The molecule has 0 saturated heterocycles. The standard InChI is InChI=1S/C11H12BrClN2S/c12-9-4-8(16-11(9)13)6-15-10-3-1-2-7(10)5-14/h4,7,10,15H,1-3,6H2. The summed E-state index contributed by atoms with van der Waals surface area (Å²) in [5.74, 6) is 0.180. The van der Waals surface area contributed by atoms with Gasteiger partial charge in [-0.15, -0.1) is 11.3 Å². The van der Waals surface area contributed by atoms with Crippen molar-refractivity contribution in [3.05, 3.63) is 19.8 Å². The van der Waals surface area contributed by atoms with Gasteiger partial charge >= 0.3 is 0 Å². The van der Waals surface area contributed by atoms with E-state index in [-0.39, 0.29) is 5.92 Å². The van der Waals surface area contributed by atoms with E-state index in [1.807, 2.05) is 6.07 Å². The van der Waals surface area contributed by atoms with Crippen LogP contribution in [0.3, 0.4) is 0 Å². The van der Waals surface area contributed by atoms with Crippen molar-refractivity contribution in [3.63, 3.8) is 0 Å². The quantitative estimate of drug-likeness (QED) is 0.916.